The van der Waals surface area contributed by atoms with Crippen LogP contribution < -0.4 is 20.1 Å². The summed E-state index contributed by atoms with van der Waals surface area (Å²) in [6, 6.07) is 10.2. The Bertz CT molecular complexity index is 1110. The smallest absolute Gasteiger partial charge is 0.329 e. The van der Waals surface area contributed by atoms with Crippen molar-refractivity contribution in [2.45, 2.75) is 40.2 Å². The molecule has 2 aromatic rings. The molecule has 0 saturated carbocycles. The molecule has 2 N–H and O–H groups in total. The molecule has 180 valence electrons. The van der Waals surface area contributed by atoms with Gasteiger partial charge in [0.1, 0.15) is 12.2 Å². The molecule has 8 nitrogen and oxygen atoms in total. The van der Waals surface area contributed by atoms with E-state index in [9.17, 15) is 14.4 Å². The van der Waals surface area contributed by atoms with E-state index in [0.717, 1.165) is 20.5 Å². The van der Waals surface area contributed by atoms with E-state index in [1.54, 1.807) is 24.3 Å². The Morgan fingerprint density at radius 3 is 2.56 bits per heavy atom. The highest BCUT2D eigenvalue weighted by atomic mass is 127. The second kappa shape index (κ2) is 11.4. The van der Waals surface area contributed by atoms with E-state index in [-0.39, 0.29) is 18.3 Å². The van der Waals surface area contributed by atoms with Crippen molar-refractivity contribution in [3.63, 3.8) is 0 Å². The van der Waals surface area contributed by atoms with Crippen molar-refractivity contribution in [3.05, 3.63) is 56.8 Å². The molecule has 3 rings (SSSR count). The van der Waals surface area contributed by atoms with Crippen LogP contribution >= 0.6 is 22.6 Å². The van der Waals surface area contributed by atoms with Crippen LogP contribution in [0, 0.1) is 10.5 Å². The predicted molar refractivity (Wildman–Crippen MR) is 139 cm³/mol. The number of nitrogens with one attached hydrogen (secondary N) is 2. The average Bonchev–Trinajstić information content (AvgIpc) is 3.05. The number of amides is 4. The van der Waals surface area contributed by atoms with E-state index in [1.807, 2.05) is 45.9 Å². The molecule has 2 aromatic carbocycles. The Morgan fingerprint density at radius 2 is 1.91 bits per heavy atom. The monoisotopic (exact) mass is 577 g/mol. The number of hydrogen-bond acceptors (Lipinski definition) is 5. The number of anilines is 1. The average molecular weight is 577 g/mol. The third-order valence-electron chi connectivity index (χ3n) is 5.14. The summed E-state index contributed by atoms with van der Waals surface area (Å²) in [7, 11) is 0. The standard InChI is InChI=1S/C25H28IN3O5/c1-5-16(4)34-23-19(26)11-17(13-21(23)33-6-2)12-20-24(31)29(25(32)28-20)14-22(30)27-18-9-7-15(3)8-10-18/h7-13,16H,5-6,14H2,1-4H3,(H,27,30)(H,28,32)/b20-12+/t16-/m1/s1. The fraction of sp³-hybridized carbons (Fsp3) is 0.320. The molecule has 4 amide bonds. The van der Waals surface area contributed by atoms with Crippen molar-refractivity contribution in [2.75, 3.05) is 18.5 Å². The lowest BCUT2D eigenvalue weighted by Crippen LogP contribution is -2.38. The van der Waals surface area contributed by atoms with Crippen LogP contribution in [-0.2, 0) is 9.59 Å². The van der Waals surface area contributed by atoms with Gasteiger partial charge in [-0.3, -0.25) is 9.59 Å². The molecule has 0 unspecified atom stereocenters. The highest BCUT2D eigenvalue weighted by molar-refractivity contribution is 14.1. The Hall–Kier alpha value is -3.08. The highest BCUT2D eigenvalue weighted by Gasteiger charge is 2.35. The van der Waals surface area contributed by atoms with Gasteiger partial charge in [0.15, 0.2) is 11.5 Å². The Balaban J connectivity index is 1.77. The van der Waals surface area contributed by atoms with Crippen LogP contribution in [0.3, 0.4) is 0 Å². The minimum Gasteiger partial charge on any atom is -0.490 e. The number of urea groups is 1. The summed E-state index contributed by atoms with van der Waals surface area (Å²) < 4.78 is 12.6. The molecular formula is C25H28IN3O5. The molecule has 0 aliphatic carbocycles. The van der Waals surface area contributed by atoms with Crippen LogP contribution in [0.1, 0.15) is 38.3 Å². The van der Waals surface area contributed by atoms with Crippen LogP contribution in [-0.4, -0.2) is 42.0 Å². The molecule has 0 aromatic heterocycles. The molecule has 1 aliphatic heterocycles. The van der Waals surface area contributed by atoms with Gasteiger partial charge in [-0.15, -0.1) is 0 Å². The van der Waals surface area contributed by atoms with Gasteiger partial charge >= 0.3 is 6.03 Å². The lowest BCUT2D eigenvalue weighted by Gasteiger charge is -2.18. The van der Waals surface area contributed by atoms with Gasteiger partial charge < -0.3 is 20.1 Å². The molecule has 1 saturated heterocycles. The zero-order valence-electron chi connectivity index (χ0n) is 19.6. The number of ether oxygens (including phenoxy) is 2. The Kier molecular flexibility index (Phi) is 8.54. The summed E-state index contributed by atoms with van der Waals surface area (Å²) in [6.07, 6.45) is 2.43. The number of carbonyl (C=O) groups excluding carboxylic acids is 3. The van der Waals surface area contributed by atoms with Gasteiger partial charge in [0.2, 0.25) is 5.91 Å². The number of hydrogen-bond donors (Lipinski definition) is 2. The van der Waals surface area contributed by atoms with Gasteiger partial charge in [-0.2, -0.15) is 0 Å². The molecule has 1 heterocycles. The van der Waals surface area contributed by atoms with Gasteiger partial charge in [-0.1, -0.05) is 24.6 Å². The van der Waals surface area contributed by atoms with Crippen molar-refractivity contribution < 1.29 is 23.9 Å². The van der Waals surface area contributed by atoms with E-state index >= 15 is 0 Å². The lowest BCUT2D eigenvalue weighted by molar-refractivity contribution is -0.127. The summed E-state index contributed by atoms with van der Waals surface area (Å²) in [5.41, 5.74) is 2.40. The van der Waals surface area contributed by atoms with Gasteiger partial charge in [0, 0.05) is 5.69 Å². The summed E-state index contributed by atoms with van der Waals surface area (Å²) >= 11 is 2.16. The maximum absolute atomic E-state index is 12.8. The number of benzene rings is 2. The molecule has 0 bridgehead atoms. The van der Waals surface area contributed by atoms with Crippen molar-refractivity contribution in [1.29, 1.82) is 0 Å². The first-order chi connectivity index (χ1) is 16.2. The topological polar surface area (TPSA) is 97.0 Å². The zero-order chi connectivity index (χ0) is 24.8. The van der Waals surface area contributed by atoms with Crippen LogP contribution in [0.25, 0.3) is 6.08 Å². The second-order valence-electron chi connectivity index (χ2n) is 7.89. The van der Waals surface area contributed by atoms with Crippen molar-refractivity contribution >= 4 is 52.2 Å². The maximum atomic E-state index is 12.8. The van der Waals surface area contributed by atoms with E-state index in [0.29, 0.717) is 29.4 Å². The molecule has 34 heavy (non-hydrogen) atoms. The summed E-state index contributed by atoms with van der Waals surface area (Å²) in [5.74, 6) is 0.174. The minimum atomic E-state index is -0.647. The molecule has 1 fully saturated rings. The van der Waals surface area contributed by atoms with Crippen molar-refractivity contribution in [2.24, 2.45) is 0 Å². The van der Waals surface area contributed by atoms with Crippen LogP contribution in [0.2, 0.25) is 0 Å². The number of halogens is 1. The second-order valence-corrected chi connectivity index (χ2v) is 9.06. The molecule has 9 heteroatoms. The summed E-state index contributed by atoms with van der Waals surface area (Å²) in [6.45, 7) is 7.91. The SMILES string of the molecule is CCOc1cc(/C=C2/NC(=O)N(CC(=O)Nc3ccc(C)cc3)C2=O)cc(I)c1O[C@H](C)CC. The number of aryl methyl sites for hydroxylation is 1. The van der Waals surface area contributed by atoms with Crippen molar-refractivity contribution in [3.8, 4) is 11.5 Å². The third kappa shape index (κ3) is 6.28. The Morgan fingerprint density at radius 1 is 1.21 bits per heavy atom. The number of carbonyl (C=O) groups is 3. The van der Waals surface area contributed by atoms with Crippen LogP contribution in [0.5, 0.6) is 11.5 Å². The molecule has 1 atom stereocenters. The molecular weight excluding hydrogens is 549 g/mol. The first kappa shape index (κ1) is 25.5. The largest absolute Gasteiger partial charge is 0.490 e. The minimum absolute atomic E-state index is 0.0206. The van der Waals surface area contributed by atoms with E-state index in [2.05, 4.69) is 33.2 Å². The van der Waals surface area contributed by atoms with Gasteiger partial charge in [0.25, 0.3) is 5.91 Å². The molecule has 1 aliphatic rings. The third-order valence-corrected chi connectivity index (χ3v) is 5.94. The summed E-state index contributed by atoms with van der Waals surface area (Å²) in [5, 5.41) is 5.24. The van der Waals surface area contributed by atoms with Gasteiger partial charge in [-0.05, 0) is 85.7 Å². The van der Waals surface area contributed by atoms with Crippen LogP contribution in [0.15, 0.2) is 42.1 Å². The van der Waals surface area contributed by atoms with E-state index < -0.39 is 17.8 Å². The Labute approximate surface area is 212 Å². The van der Waals surface area contributed by atoms with E-state index in [4.69, 9.17) is 9.47 Å². The zero-order valence-corrected chi connectivity index (χ0v) is 21.8. The predicted octanol–water partition coefficient (Wildman–Crippen LogP) is 4.71. The normalized spacial score (nSPS) is 15.3. The fourth-order valence-corrected chi connectivity index (χ4v) is 3.95. The quantitative estimate of drug-likeness (QED) is 0.256. The van der Waals surface area contributed by atoms with Crippen molar-refractivity contribution in [1.82, 2.24) is 10.2 Å². The van der Waals surface area contributed by atoms with Gasteiger partial charge in [-0.25, -0.2) is 9.69 Å². The number of nitrogens with zero attached hydrogens (tertiary/aromatic N) is 1. The first-order valence-electron chi connectivity index (χ1n) is 11.1. The van der Waals surface area contributed by atoms with Gasteiger partial charge in [0.05, 0.1) is 16.3 Å². The molecule has 0 spiro atoms. The van der Waals surface area contributed by atoms with E-state index in [1.165, 1.54) is 0 Å². The maximum Gasteiger partial charge on any atom is 0.329 e. The summed E-state index contributed by atoms with van der Waals surface area (Å²) in [4.78, 5) is 38.5. The highest BCUT2D eigenvalue weighted by Crippen LogP contribution is 2.36. The van der Waals surface area contributed by atoms with Crippen LogP contribution in [0.4, 0.5) is 10.5 Å². The number of imide groups is 1. The lowest BCUT2D eigenvalue weighted by atomic mass is 10.1. The first-order valence-corrected chi connectivity index (χ1v) is 12.1. The fourth-order valence-electron chi connectivity index (χ4n) is 3.20. The number of rotatable bonds is 9. The molecule has 0 radical (unpaired) electrons.